The molecule has 10 nitrogen and oxygen atoms in total. The topological polar surface area (TPSA) is 105 Å². The van der Waals surface area contributed by atoms with Gasteiger partial charge in [-0.05, 0) is 122 Å². The van der Waals surface area contributed by atoms with E-state index >= 15 is 0 Å². The second-order valence-corrected chi connectivity index (χ2v) is 39.6. The lowest BCUT2D eigenvalue weighted by atomic mass is 9.94. The number of hydrogen-bond donors (Lipinski definition) is 0. The van der Waals surface area contributed by atoms with Gasteiger partial charge in [-0.1, -0.05) is 285 Å². The van der Waals surface area contributed by atoms with E-state index in [1.807, 2.05) is 92.4 Å². The predicted octanol–water partition coefficient (Wildman–Crippen LogP) is 33.6. The summed E-state index contributed by atoms with van der Waals surface area (Å²) in [5, 5.41) is 25.8. The van der Waals surface area contributed by atoms with Gasteiger partial charge < -0.3 is 4.42 Å². The van der Waals surface area contributed by atoms with Crippen LogP contribution in [0.5, 0.6) is 0 Å². The third-order valence-electron chi connectivity index (χ3n) is 26.2. The van der Waals surface area contributed by atoms with Gasteiger partial charge in [0.05, 0.1) is 94.8 Å². The van der Waals surface area contributed by atoms with Crippen molar-refractivity contribution in [2.45, 2.75) is 0 Å². The van der Waals surface area contributed by atoms with E-state index in [-0.39, 0.29) is 0 Å². The van der Waals surface area contributed by atoms with Crippen molar-refractivity contribution < 1.29 is 4.42 Å². The summed E-state index contributed by atoms with van der Waals surface area (Å²) in [4.78, 5) is 32.3. The van der Waals surface area contributed by atoms with Crippen molar-refractivity contribution in [3.05, 3.63) is 370 Å². The molecule has 14 heterocycles. The van der Waals surface area contributed by atoms with Gasteiger partial charge in [-0.2, -0.15) is 0 Å². The van der Waals surface area contributed by atoms with E-state index in [0.29, 0.717) is 11.9 Å². The zero-order valence-electron chi connectivity index (χ0n) is 68.6. The van der Waals surface area contributed by atoms with Crippen LogP contribution in [0.3, 0.4) is 0 Å². The number of benzene rings is 17. The zero-order chi connectivity index (χ0) is 84.7. The second kappa shape index (κ2) is 28.0. The van der Waals surface area contributed by atoms with Crippen LogP contribution in [-0.2, 0) is 0 Å². The first-order valence-electron chi connectivity index (χ1n) is 43.3. The summed E-state index contributed by atoms with van der Waals surface area (Å²) in [6, 6.07) is 130. The van der Waals surface area contributed by atoms with Crippen LogP contribution in [0.15, 0.2) is 375 Å². The Morgan fingerprint density at radius 1 is 0.208 bits per heavy atom. The number of fused-ring (bicyclic) bond motifs is 40. The Morgan fingerprint density at radius 3 is 0.985 bits per heavy atom. The van der Waals surface area contributed by atoms with Gasteiger partial charge >= 0.3 is 0 Å². The lowest BCUT2D eigenvalue weighted by Crippen LogP contribution is -2.04. The molecule has 130 heavy (non-hydrogen) atoms. The first-order chi connectivity index (χ1) is 64.5. The van der Waals surface area contributed by atoms with E-state index in [4.69, 9.17) is 29.3 Å². The molecule has 0 fully saturated rings. The highest BCUT2D eigenvalue weighted by atomic mass is 32.1. The molecule has 0 aliphatic heterocycles. The molecule has 0 unspecified atom stereocenters. The first-order valence-corrected chi connectivity index (χ1v) is 48.2. The van der Waals surface area contributed by atoms with Crippen molar-refractivity contribution in [2.75, 3.05) is 0 Å². The highest BCUT2D eigenvalue weighted by Crippen LogP contribution is 2.54. The SMILES string of the molecule is c1ccc2c(c1)oc1cc(-c3nc(-n4c5c6ccccc6sc5c5sc6ccccc6c54)nc4c5ccccc5c5ccccc5c34)ccc12.c1ccc2cc(-c3nc(-n4c5c6ccccc6sc5c5sc6ccccc6c54)nc4c5ccccc5c5ccccc5c34)ccc2c1.c1cnc2c(c1)ccc1ccc(-n3c4c5ccccc5sc4c4sc5ccccc5c43)nc12. The average Bonchev–Trinajstić information content (AvgIpc) is 1.41. The first kappa shape index (κ1) is 72.6. The third-order valence-corrected chi connectivity index (χ3v) is 33.7. The van der Waals surface area contributed by atoms with Gasteiger partial charge in [-0.3, -0.25) is 18.7 Å². The Labute approximate surface area is 761 Å². The molecule has 604 valence electrons. The molecule has 0 saturated carbocycles. The van der Waals surface area contributed by atoms with Gasteiger partial charge in [-0.25, -0.2) is 24.9 Å². The summed E-state index contributed by atoms with van der Waals surface area (Å²) >= 11 is 11.2. The van der Waals surface area contributed by atoms with Crippen LogP contribution in [0.4, 0.5) is 0 Å². The molecule has 0 N–H and O–H groups in total. The summed E-state index contributed by atoms with van der Waals surface area (Å²) in [5.74, 6) is 2.31. The van der Waals surface area contributed by atoms with Crippen molar-refractivity contribution in [2.24, 2.45) is 0 Å². The van der Waals surface area contributed by atoms with Crippen LogP contribution in [0.2, 0.25) is 0 Å². The molecule has 0 radical (unpaired) electrons. The van der Waals surface area contributed by atoms with Gasteiger partial charge in [0.25, 0.3) is 0 Å². The van der Waals surface area contributed by atoms with Crippen LogP contribution in [-0.4, -0.2) is 43.6 Å². The number of para-hydroxylation sites is 1. The fourth-order valence-corrected chi connectivity index (χ4v) is 28.1. The summed E-state index contributed by atoms with van der Waals surface area (Å²) in [7, 11) is 0. The van der Waals surface area contributed by atoms with E-state index in [0.717, 1.165) is 110 Å². The minimum absolute atomic E-state index is 0.671. The number of pyridine rings is 2. The van der Waals surface area contributed by atoms with Gasteiger partial charge in [0.2, 0.25) is 11.9 Å². The second-order valence-electron chi connectivity index (χ2n) is 33.3. The predicted molar refractivity (Wildman–Crippen MR) is 557 cm³/mol. The molecule has 0 aliphatic carbocycles. The molecule has 0 spiro atoms. The molecule has 0 saturated heterocycles. The van der Waals surface area contributed by atoms with Gasteiger partial charge in [0.1, 0.15) is 17.0 Å². The average molecular weight is 1770 g/mol. The number of aromatic nitrogens is 9. The molecule has 16 heteroatoms. The maximum Gasteiger partial charge on any atom is 0.235 e. The number of rotatable bonds is 5. The normalized spacial score (nSPS) is 12.3. The molecular formula is C114H61N9OS6. The Bertz CT molecular complexity index is 10100. The number of hydrogen-bond acceptors (Lipinski definition) is 13. The summed E-state index contributed by atoms with van der Waals surface area (Å²) in [6.45, 7) is 0. The number of thiophene rings is 6. The lowest BCUT2D eigenvalue weighted by Gasteiger charge is -2.16. The van der Waals surface area contributed by atoms with Gasteiger partial charge in [-0.15, -0.1) is 68.0 Å². The summed E-state index contributed by atoms with van der Waals surface area (Å²) in [6.07, 6.45) is 1.85. The van der Waals surface area contributed by atoms with Crippen LogP contribution < -0.4 is 0 Å². The molecule has 17 aromatic carbocycles. The molecule has 0 bridgehead atoms. The maximum atomic E-state index is 6.43. The van der Waals surface area contributed by atoms with Crippen LogP contribution >= 0.6 is 68.0 Å². The Hall–Kier alpha value is -15.5. The minimum Gasteiger partial charge on any atom is -0.456 e. The van der Waals surface area contributed by atoms with Crippen molar-refractivity contribution in [1.29, 1.82) is 0 Å². The van der Waals surface area contributed by atoms with Crippen molar-refractivity contribution in [1.82, 2.24) is 43.6 Å². The van der Waals surface area contributed by atoms with Crippen LogP contribution in [0.25, 0.3) is 281 Å². The number of nitrogens with zero attached hydrogens (tertiary/aromatic N) is 9. The minimum atomic E-state index is 0.671. The fraction of sp³-hybridized carbons (Fsp3) is 0. The summed E-state index contributed by atoms with van der Waals surface area (Å²) < 4.78 is 29.0. The quantitative estimate of drug-likeness (QED) is 0.158. The molecule has 0 atom stereocenters. The smallest absolute Gasteiger partial charge is 0.235 e. The van der Waals surface area contributed by atoms with Crippen molar-refractivity contribution >= 4 is 309 Å². The molecule has 0 amide bonds. The molecule has 31 aromatic rings. The largest absolute Gasteiger partial charge is 0.456 e. The van der Waals surface area contributed by atoms with E-state index in [1.54, 1.807) is 0 Å². The zero-order valence-corrected chi connectivity index (χ0v) is 73.5. The molecule has 14 aromatic heterocycles. The summed E-state index contributed by atoms with van der Waals surface area (Å²) in [5.41, 5.74) is 16.7. The van der Waals surface area contributed by atoms with E-state index in [2.05, 4.69) is 364 Å². The van der Waals surface area contributed by atoms with E-state index in [1.165, 1.54) is 160 Å². The standard InChI is InChI=1S/C44H23N3OS2.C42H23N3S2.C28H15N3S2/c1-3-14-29-25(11-1)26-12-2-4-15-30(26)39-37(29)38(24-21-22-28-27-13-5-8-18-33(27)48-34(28)23-24)45-44(46-39)47-40-31-16-6-9-19-35(31)49-42(40)43-41(47)32-17-7-10-20-36(32)50-43;1-2-12-25-23-26(22-21-24(25)11-1)36-35-29-15-5-3-13-27(29)28-14-4-6-16-30(28)37(35)44-42(43-36)45-38-31-17-7-9-19-33(31)46-40(38)41-39(45)32-18-8-10-20-34(32)47-41;1-3-9-20-18(7-1)25-27(32-20)28-26(19-8-2-4-10-21(19)33-28)31(25)22-14-13-17-12-11-16-6-5-15-29-23(16)24(17)30-22/h1-23H;1-23H;1-15H. The maximum absolute atomic E-state index is 6.43. The third kappa shape index (κ3) is 10.6. The highest BCUT2D eigenvalue weighted by Gasteiger charge is 2.30. The van der Waals surface area contributed by atoms with Crippen molar-refractivity contribution in [3.63, 3.8) is 0 Å². The Balaban J connectivity index is 0.0000000980. The molecule has 0 aliphatic rings. The van der Waals surface area contributed by atoms with Crippen molar-refractivity contribution in [3.8, 4) is 40.2 Å². The lowest BCUT2D eigenvalue weighted by molar-refractivity contribution is 0.669. The highest BCUT2D eigenvalue weighted by molar-refractivity contribution is 7.35. The van der Waals surface area contributed by atoms with Gasteiger partial charge in [0, 0.05) is 121 Å². The van der Waals surface area contributed by atoms with Crippen LogP contribution in [0.1, 0.15) is 0 Å². The van der Waals surface area contributed by atoms with E-state index < -0.39 is 0 Å². The Kier molecular flexibility index (Phi) is 15.6. The van der Waals surface area contributed by atoms with E-state index in [9.17, 15) is 0 Å². The Morgan fingerprint density at radius 2 is 0.531 bits per heavy atom. The molecular weight excluding hydrogens is 1700 g/mol. The number of furan rings is 1. The molecule has 31 rings (SSSR count). The van der Waals surface area contributed by atoms with Crippen LogP contribution in [0, 0.1) is 0 Å². The van der Waals surface area contributed by atoms with Gasteiger partial charge in [0.15, 0.2) is 0 Å². The fourth-order valence-electron chi connectivity index (χ4n) is 20.6. The monoisotopic (exact) mass is 1760 g/mol.